The third kappa shape index (κ3) is 6.82. The van der Waals surface area contributed by atoms with Crippen LogP contribution in [0.5, 0.6) is 5.75 Å². The maximum absolute atomic E-state index is 13.4. The Labute approximate surface area is 188 Å². The smallest absolute Gasteiger partial charge is 0.425 e. The second-order valence-electron chi connectivity index (χ2n) is 6.40. The van der Waals surface area contributed by atoms with Crippen molar-refractivity contribution < 1.29 is 32.8 Å². The van der Waals surface area contributed by atoms with Gasteiger partial charge in [-0.25, -0.2) is 23.3 Å². The molecule has 33 heavy (non-hydrogen) atoms. The van der Waals surface area contributed by atoms with Crippen LogP contribution < -0.4 is 4.74 Å². The molecule has 1 aliphatic rings. The van der Waals surface area contributed by atoms with Crippen LogP contribution in [0.4, 0.5) is 24.1 Å². The van der Waals surface area contributed by atoms with Gasteiger partial charge in [-0.3, -0.25) is 10.1 Å². The molecule has 1 heterocycles. The Bertz CT molecular complexity index is 1080. The Morgan fingerprint density at radius 3 is 2.45 bits per heavy atom. The van der Waals surface area contributed by atoms with Gasteiger partial charge in [0.25, 0.3) is 5.69 Å². The van der Waals surface area contributed by atoms with E-state index in [0.717, 1.165) is 24.3 Å². The number of carbonyl (C=O) groups is 2. The van der Waals surface area contributed by atoms with Gasteiger partial charge in [-0.15, -0.1) is 0 Å². The third-order valence-corrected chi connectivity index (χ3v) is 4.20. The lowest BCUT2D eigenvalue weighted by Crippen LogP contribution is -2.36. The van der Waals surface area contributed by atoms with E-state index in [1.807, 2.05) is 31.2 Å². The topological polar surface area (TPSA) is 99.0 Å². The number of non-ortho nitro benzene ring substituents is 1. The summed E-state index contributed by atoms with van der Waals surface area (Å²) in [7, 11) is 0. The van der Waals surface area contributed by atoms with E-state index in [1.165, 1.54) is 18.2 Å². The van der Waals surface area contributed by atoms with Crippen molar-refractivity contribution in [3.05, 3.63) is 107 Å². The quantitative estimate of drug-likeness (QED) is 0.316. The first-order valence-electron chi connectivity index (χ1n) is 9.56. The monoisotopic (exact) mass is 458 g/mol. The van der Waals surface area contributed by atoms with Gasteiger partial charge >= 0.3 is 12.2 Å². The fourth-order valence-corrected chi connectivity index (χ4v) is 2.63. The molecular formula is C23H20F2N2O6. The largest absolute Gasteiger partial charge is 0.446 e. The molecule has 1 saturated heterocycles. The molecule has 0 aliphatic carbocycles. The summed E-state index contributed by atoms with van der Waals surface area (Å²) in [5, 5.41) is 10.6. The van der Waals surface area contributed by atoms with Crippen LogP contribution in [0.25, 0.3) is 0 Å². The fraction of sp³-hybridized carbons (Fsp3) is 0.130. The number of amides is 2. The minimum Gasteiger partial charge on any atom is -0.446 e. The van der Waals surface area contributed by atoms with Crippen molar-refractivity contribution in [2.45, 2.75) is 13.0 Å². The Hall–Kier alpha value is -4.34. The summed E-state index contributed by atoms with van der Waals surface area (Å²) < 4.78 is 36.3. The lowest BCUT2D eigenvalue weighted by Gasteiger charge is -2.19. The number of halogens is 2. The molecule has 2 amide bonds. The lowest BCUT2D eigenvalue weighted by atomic mass is 10.1. The van der Waals surface area contributed by atoms with Crippen molar-refractivity contribution in [2.75, 3.05) is 6.61 Å². The SMILES string of the molecule is C=C/C=C\C=C/C.O=C1OC[C@H](c2ccc(F)c(F)c2)N1C(=O)Oc1ccc([N+](=O)[O-])cc1. The molecule has 0 radical (unpaired) electrons. The predicted octanol–water partition coefficient (Wildman–Crippen LogP) is 5.87. The van der Waals surface area contributed by atoms with Crippen LogP contribution in [0.3, 0.4) is 0 Å². The molecule has 2 aromatic rings. The van der Waals surface area contributed by atoms with E-state index in [1.54, 1.807) is 6.08 Å². The number of carbonyl (C=O) groups excluding carboxylic acids is 2. The maximum Gasteiger partial charge on any atom is 0.425 e. The van der Waals surface area contributed by atoms with Gasteiger partial charge in [0.2, 0.25) is 0 Å². The van der Waals surface area contributed by atoms with E-state index in [2.05, 4.69) is 6.58 Å². The number of hydrogen-bond donors (Lipinski definition) is 0. The van der Waals surface area contributed by atoms with E-state index >= 15 is 0 Å². The number of nitro groups is 1. The minimum atomic E-state index is -1.13. The molecule has 2 aromatic carbocycles. The number of hydrogen-bond acceptors (Lipinski definition) is 6. The third-order valence-electron chi connectivity index (χ3n) is 4.20. The first kappa shape index (κ1) is 24.9. The maximum atomic E-state index is 13.4. The van der Waals surface area contributed by atoms with Crippen molar-refractivity contribution in [3.63, 3.8) is 0 Å². The van der Waals surface area contributed by atoms with E-state index in [0.29, 0.717) is 4.90 Å². The zero-order chi connectivity index (χ0) is 24.4. The number of nitrogens with zero attached hydrogens (tertiary/aromatic N) is 2. The van der Waals surface area contributed by atoms with Crippen molar-refractivity contribution in [3.8, 4) is 5.75 Å². The minimum absolute atomic E-state index is 0.0377. The van der Waals surface area contributed by atoms with Crippen LogP contribution >= 0.6 is 0 Å². The molecule has 8 nitrogen and oxygen atoms in total. The van der Waals surface area contributed by atoms with E-state index in [4.69, 9.17) is 9.47 Å². The molecule has 0 bridgehead atoms. The fourth-order valence-electron chi connectivity index (χ4n) is 2.63. The van der Waals surface area contributed by atoms with Crippen LogP contribution in [-0.2, 0) is 4.74 Å². The number of cyclic esters (lactones) is 1. The first-order valence-corrected chi connectivity index (χ1v) is 9.56. The summed E-state index contributed by atoms with van der Waals surface area (Å²) in [5.74, 6) is -2.24. The van der Waals surface area contributed by atoms with Gasteiger partial charge in [0.05, 0.1) is 4.92 Å². The second kappa shape index (κ2) is 11.9. The Morgan fingerprint density at radius 2 is 1.88 bits per heavy atom. The van der Waals surface area contributed by atoms with Gasteiger partial charge < -0.3 is 9.47 Å². The summed E-state index contributed by atoms with van der Waals surface area (Å²) in [6.45, 7) is 5.24. The van der Waals surface area contributed by atoms with Crippen LogP contribution in [0.15, 0.2) is 79.4 Å². The first-order chi connectivity index (χ1) is 15.8. The normalized spacial score (nSPS) is 15.2. The highest BCUT2D eigenvalue weighted by atomic mass is 19.2. The number of ether oxygens (including phenoxy) is 2. The molecule has 1 aliphatic heterocycles. The summed E-state index contributed by atoms with van der Waals surface area (Å²) in [6.07, 6.45) is 7.39. The molecule has 1 atom stereocenters. The molecule has 0 spiro atoms. The van der Waals surface area contributed by atoms with Crippen LogP contribution in [0, 0.1) is 21.7 Å². The highest BCUT2D eigenvalue weighted by molar-refractivity contribution is 5.90. The highest BCUT2D eigenvalue weighted by Crippen LogP contribution is 2.30. The Kier molecular flexibility index (Phi) is 8.98. The zero-order valence-corrected chi connectivity index (χ0v) is 17.5. The zero-order valence-electron chi connectivity index (χ0n) is 17.5. The molecule has 3 rings (SSSR count). The Balaban J connectivity index is 0.000000479. The molecule has 0 unspecified atom stereocenters. The molecule has 0 N–H and O–H groups in total. The number of nitro benzene ring substituents is 1. The molecular weight excluding hydrogens is 438 g/mol. The number of rotatable bonds is 5. The standard InChI is InChI=1S/C16H10F2N2O6.C7H10/c17-12-6-1-9(7-13(12)18)14-8-25-15(21)19(14)16(22)26-11-4-2-10(3-5-11)20(23)24;1-3-5-7-6-4-2/h1-7,14H,8H2;3-7H,1H2,2H3/b;6-4-,7-5-/t14-;/m1./s1. The summed E-state index contributed by atoms with van der Waals surface area (Å²) in [5.41, 5.74) is -0.0551. The van der Waals surface area contributed by atoms with Gasteiger partial charge in [0.15, 0.2) is 11.6 Å². The van der Waals surface area contributed by atoms with Gasteiger partial charge in [0, 0.05) is 12.1 Å². The Morgan fingerprint density at radius 1 is 1.18 bits per heavy atom. The number of imide groups is 1. The van der Waals surface area contributed by atoms with Gasteiger partial charge in [-0.05, 0) is 36.8 Å². The van der Waals surface area contributed by atoms with Crippen LogP contribution in [0.2, 0.25) is 0 Å². The van der Waals surface area contributed by atoms with E-state index < -0.39 is 34.8 Å². The van der Waals surface area contributed by atoms with Crippen molar-refractivity contribution in [1.82, 2.24) is 4.90 Å². The number of benzene rings is 2. The van der Waals surface area contributed by atoms with Gasteiger partial charge in [-0.1, -0.05) is 43.0 Å². The highest BCUT2D eigenvalue weighted by Gasteiger charge is 2.40. The number of allylic oxidation sites excluding steroid dienone is 5. The molecule has 172 valence electrons. The molecule has 0 aromatic heterocycles. The van der Waals surface area contributed by atoms with Crippen LogP contribution in [0.1, 0.15) is 18.5 Å². The summed E-state index contributed by atoms with van der Waals surface area (Å²) >= 11 is 0. The van der Waals surface area contributed by atoms with Crippen molar-refractivity contribution >= 4 is 17.9 Å². The summed E-state index contributed by atoms with van der Waals surface area (Å²) in [4.78, 5) is 34.7. The predicted molar refractivity (Wildman–Crippen MR) is 116 cm³/mol. The summed E-state index contributed by atoms with van der Waals surface area (Å²) in [6, 6.07) is 6.56. The van der Waals surface area contributed by atoms with E-state index in [9.17, 15) is 28.5 Å². The average molecular weight is 458 g/mol. The van der Waals surface area contributed by atoms with Crippen molar-refractivity contribution in [1.29, 1.82) is 0 Å². The lowest BCUT2D eigenvalue weighted by molar-refractivity contribution is -0.384. The van der Waals surface area contributed by atoms with Gasteiger partial charge in [0.1, 0.15) is 18.4 Å². The second-order valence-corrected chi connectivity index (χ2v) is 6.40. The average Bonchev–Trinajstić information content (AvgIpc) is 3.18. The molecule has 1 fully saturated rings. The van der Waals surface area contributed by atoms with Crippen LogP contribution in [-0.4, -0.2) is 28.6 Å². The van der Waals surface area contributed by atoms with Gasteiger partial charge in [-0.2, -0.15) is 0 Å². The van der Waals surface area contributed by atoms with E-state index in [-0.39, 0.29) is 23.6 Å². The van der Waals surface area contributed by atoms with Crippen molar-refractivity contribution in [2.24, 2.45) is 0 Å². The molecule has 10 heteroatoms. The molecule has 0 saturated carbocycles.